The van der Waals surface area contributed by atoms with Gasteiger partial charge in [-0.2, -0.15) is 0 Å². The van der Waals surface area contributed by atoms with E-state index in [1.54, 1.807) is 0 Å². The van der Waals surface area contributed by atoms with Gasteiger partial charge in [-0.1, -0.05) is 13.8 Å². The monoisotopic (exact) mass is 231 g/mol. The Labute approximate surface area is 99.0 Å². The first-order valence-corrected chi connectivity index (χ1v) is 6.30. The van der Waals surface area contributed by atoms with Crippen LogP contribution >= 0.6 is 0 Å². The van der Waals surface area contributed by atoms with Crippen LogP contribution < -0.4 is 0 Å². The molecule has 0 aromatic rings. The maximum atomic E-state index is 13.6. The maximum Gasteiger partial charge on any atom is 0.255 e. The summed E-state index contributed by atoms with van der Waals surface area (Å²) in [6, 6.07) is 0. The summed E-state index contributed by atoms with van der Waals surface area (Å²) in [7, 11) is 0. The van der Waals surface area contributed by atoms with Crippen LogP contribution in [0.5, 0.6) is 0 Å². The van der Waals surface area contributed by atoms with Gasteiger partial charge in [-0.15, -0.1) is 0 Å². The molecule has 1 saturated carbocycles. The Kier molecular flexibility index (Phi) is 1.65. The van der Waals surface area contributed by atoms with Crippen LogP contribution in [-0.4, -0.2) is 29.5 Å². The standard InChI is InChI=1S/C13H21F2N/c1-10(2)6-12-4-3-5-16(12)9-11(7-12)8-13(11,14)15/h10H,3-9H2,1-2H3/t11-,12-/m1/s1/i6D2. The largest absolute Gasteiger partial charge is 0.297 e. The van der Waals surface area contributed by atoms with Crippen molar-refractivity contribution in [2.45, 2.75) is 57.4 Å². The summed E-state index contributed by atoms with van der Waals surface area (Å²) < 4.78 is 44.0. The predicted molar refractivity (Wildman–Crippen MR) is 59.6 cm³/mol. The minimum Gasteiger partial charge on any atom is -0.297 e. The van der Waals surface area contributed by atoms with Gasteiger partial charge in [0.15, 0.2) is 0 Å². The zero-order valence-corrected chi connectivity index (χ0v) is 10.0. The average molecular weight is 231 g/mol. The molecule has 0 radical (unpaired) electrons. The van der Waals surface area contributed by atoms with Crippen molar-refractivity contribution in [1.29, 1.82) is 0 Å². The number of halogens is 2. The molecule has 0 unspecified atom stereocenters. The Bertz CT molecular complexity index is 385. The second-order valence-electron chi connectivity index (χ2n) is 6.19. The van der Waals surface area contributed by atoms with Crippen molar-refractivity contribution >= 4 is 0 Å². The predicted octanol–water partition coefficient (Wildman–Crippen LogP) is 3.30. The second kappa shape index (κ2) is 2.98. The first kappa shape index (κ1) is 8.84. The van der Waals surface area contributed by atoms with Crippen LogP contribution in [0.2, 0.25) is 0 Å². The van der Waals surface area contributed by atoms with Gasteiger partial charge in [0.05, 0.1) is 5.41 Å². The minimum atomic E-state index is -2.56. The van der Waals surface area contributed by atoms with Crippen LogP contribution in [0.25, 0.3) is 0 Å². The number of hydrogen-bond acceptors (Lipinski definition) is 1. The number of rotatable bonds is 2. The van der Waals surface area contributed by atoms with Crippen molar-refractivity contribution in [3.05, 3.63) is 0 Å². The summed E-state index contributed by atoms with van der Waals surface area (Å²) in [6.45, 7) is 4.90. The number of nitrogens with zero attached hydrogens (tertiary/aromatic N) is 1. The highest BCUT2D eigenvalue weighted by atomic mass is 19.3. The lowest BCUT2D eigenvalue weighted by molar-refractivity contribution is 0.0654. The van der Waals surface area contributed by atoms with E-state index in [0.717, 1.165) is 19.4 Å². The quantitative estimate of drug-likeness (QED) is 0.705. The Morgan fingerprint density at radius 2 is 2.06 bits per heavy atom. The minimum absolute atomic E-state index is 0.0353. The van der Waals surface area contributed by atoms with E-state index >= 15 is 0 Å². The number of hydrogen-bond donors (Lipinski definition) is 0. The lowest BCUT2D eigenvalue weighted by Gasteiger charge is -2.33. The second-order valence-corrected chi connectivity index (χ2v) is 6.19. The van der Waals surface area contributed by atoms with Gasteiger partial charge in [0.25, 0.3) is 5.92 Å². The van der Waals surface area contributed by atoms with Crippen molar-refractivity contribution in [1.82, 2.24) is 4.90 Å². The molecule has 0 amide bonds. The molecule has 16 heavy (non-hydrogen) atoms. The van der Waals surface area contributed by atoms with E-state index in [2.05, 4.69) is 0 Å². The van der Waals surface area contributed by atoms with Crippen molar-refractivity contribution in [2.75, 3.05) is 13.1 Å². The molecule has 1 nitrogen and oxygen atoms in total. The molecule has 3 fully saturated rings. The summed E-state index contributed by atoms with van der Waals surface area (Å²) in [5.41, 5.74) is -1.54. The summed E-state index contributed by atoms with van der Waals surface area (Å²) >= 11 is 0. The van der Waals surface area contributed by atoms with Gasteiger partial charge in [-0.05, 0) is 38.1 Å². The fraction of sp³-hybridized carbons (Fsp3) is 1.00. The van der Waals surface area contributed by atoms with Gasteiger partial charge in [0.1, 0.15) is 0 Å². The molecule has 2 saturated heterocycles. The third kappa shape index (κ3) is 1.30. The molecular weight excluding hydrogens is 208 g/mol. The zero-order valence-electron chi connectivity index (χ0n) is 12.0. The van der Waals surface area contributed by atoms with Crippen LogP contribution in [0.1, 0.15) is 48.6 Å². The average Bonchev–Trinajstić information content (AvgIpc) is 2.58. The fourth-order valence-electron chi connectivity index (χ4n) is 3.84. The third-order valence-corrected chi connectivity index (χ3v) is 4.52. The first-order chi connectivity index (χ1) is 8.17. The SMILES string of the molecule is [2H]C([2H])(C(C)C)[C@@]12CCCN1C[C@]1(CC1(F)F)C2. The van der Waals surface area contributed by atoms with E-state index in [1.807, 2.05) is 18.7 Å². The molecule has 1 aliphatic carbocycles. The Balaban J connectivity index is 1.96. The molecule has 0 N–H and O–H groups in total. The highest BCUT2D eigenvalue weighted by molar-refractivity contribution is 5.22. The van der Waals surface area contributed by atoms with Crippen molar-refractivity contribution < 1.29 is 11.5 Å². The molecule has 2 atom stereocenters. The molecule has 0 aromatic carbocycles. The Morgan fingerprint density at radius 3 is 2.62 bits per heavy atom. The zero-order chi connectivity index (χ0) is 13.4. The molecule has 3 aliphatic rings. The summed E-state index contributed by atoms with van der Waals surface area (Å²) in [6.07, 6.45) is 0.597. The molecule has 1 spiro atoms. The van der Waals surface area contributed by atoms with E-state index in [1.165, 1.54) is 0 Å². The van der Waals surface area contributed by atoms with Crippen LogP contribution in [0.3, 0.4) is 0 Å². The van der Waals surface area contributed by atoms with Gasteiger partial charge in [0.2, 0.25) is 0 Å². The Hall–Kier alpha value is -0.180. The van der Waals surface area contributed by atoms with Crippen LogP contribution in [0.15, 0.2) is 0 Å². The fourth-order valence-corrected chi connectivity index (χ4v) is 3.84. The molecule has 2 heterocycles. The molecule has 2 aliphatic heterocycles. The van der Waals surface area contributed by atoms with E-state index in [0.29, 0.717) is 13.0 Å². The number of alkyl halides is 2. The van der Waals surface area contributed by atoms with Crippen molar-refractivity contribution in [3.63, 3.8) is 0 Å². The van der Waals surface area contributed by atoms with Crippen LogP contribution in [0, 0.1) is 11.3 Å². The molecule has 3 heteroatoms. The summed E-state index contributed by atoms with van der Waals surface area (Å²) in [5, 5.41) is 0. The van der Waals surface area contributed by atoms with Crippen LogP contribution in [-0.2, 0) is 0 Å². The third-order valence-electron chi connectivity index (χ3n) is 4.52. The van der Waals surface area contributed by atoms with Gasteiger partial charge in [-0.3, -0.25) is 4.90 Å². The number of fused-ring (bicyclic) bond motifs is 1. The van der Waals surface area contributed by atoms with E-state index in [-0.39, 0.29) is 12.3 Å². The highest BCUT2D eigenvalue weighted by Crippen LogP contribution is 2.70. The van der Waals surface area contributed by atoms with Gasteiger partial charge < -0.3 is 0 Å². The molecule has 3 rings (SSSR count). The lowest BCUT2D eigenvalue weighted by atomic mass is 9.82. The van der Waals surface area contributed by atoms with Crippen LogP contribution in [0.4, 0.5) is 8.78 Å². The van der Waals surface area contributed by atoms with Gasteiger partial charge >= 0.3 is 0 Å². The molecule has 0 aromatic heterocycles. The van der Waals surface area contributed by atoms with Crippen molar-refractivity contribution in [3.8, 4) is 0 Å². The molecule has 0 bridgehead atoms. The summed E-state index contributed by atoms with van der Waals surface area (Å²) in [4.78, 5) is 2.04. The molecule has 92 valence electrons. The van der Waals surface area contributed by atoms with Gasteiger partial charge in [0, 0.05) is 21.2 Å². The lowest BCUT2D eigenvalue weighted by Crippen LogP contribution is -2.39. The van der Waals surface area contributed by atoms with Gasteiger partial charge in [-0.25, -0.2) is 8.78 Å². The van der Waals surface area contributed by atoms with E-state index in [4.69, 9.17) is 2.74 Å². The molecular formula is C13H21F2N. The topological polar surface area (TPSA) is 3.24 Å². The first-order valence-electron chi connectivity index (χ1n) is 7.30. The van der Waals surface area contributed by atoms with E-state index in [9.17, 15) is 8.78 Å². The summed E-state index contributed by atoms with van der Waals surface area (Å²) in [5.74, 6) is -2.70. The van der Waals surface area contributed by atoms with E-state index < -0.39 is 23.2 Å². The smallest absolute Gasteiger partial charge is 0.255 e. The highest BCUT2D eigenvalue weighted by Gasteiger charge is 2.76. The Morgan fingerprint density at radius 1 is 1.38 bits per heavy atom. The normalized spacial score (nSPS) is 48.3. The van der Waals surface area contributed by atoms with Crippen molar-refractivity contribution in [2.24, 2.45) is 11.3 Å². The maximum absolute atomic E-state index is 13.6.